The summed E-state index contributed by atoms with van der Waals surface area (Å²) in [6.45, 7) is 2.09. The van der Waals surface area contributed by atoms with Crippen LogP contribution >= 0.6 is 11.6 Å². The number of halogens is 1. The molecule has 1 atom stereocenters. The van der Waals surface area contributed by atoms with Crippen LogP contribution < -0.4 is 5.73 Å². The van der Waals surface area contributed by atoms with Crippen molar-refractivity contribution in [3.05, 3.63) is 22.7 Å². The van der Waals surface area contributed by atoms with E-state index in [4.69, 9.17) is 22.1 Å². The Hall–Kier alpha value is -0.860. The van der Waals surface area contributed by atoms with Crippen LogP contribution in [0.1, 0.15) is 5.56 Å². The van der Waals surface area contributed by atoms with E-state index in [1.165, 1.54) is 16.4 Å². The lowest BCUT2D eigenvalue weighted by Crippen LogP contribution is -2.50. The molecule has 0 amide bonds. The van der Waals surface area contributed by atoms with Crippen LogP contribution in [0, 0.1) is 6.92 Å². The summed E-state index contributed by atoms with van der Waals surface area (Å²) in [6, 6.07) is 2.18. The minimum atomic E-state index is -3.76. The molecule has 0 aromatic heterocycles. The van der Waals surface area contributed by atoms with Crippen molar-refractivity contribution >= 4 is 27.3 Å². The predicted molar refractivity (Wildman–Crippen MR) is 76.2 cm³/mol. The van der Waals surface area contributed by atoms with Crippen LogP contribution in [0.3, 0.4) is 0 Å². The van der Waals surface area contributed by atoms with Gasteiger partial charge in [0, 0.05) is 17.3 Å². The van der Waals surface area contributed by atoms with Gasteiger partial charge in [-0.2, -0.15) is 4.31 Å². The largest absolute Gasteiger partial charge is 0.398 e. The van der Waals surface area contributed by atoms with Crippen molar-refractivity contribution in [2.24, 2.45) is 0 Å². The highest BCUT2D eigenvalue weighted by atomic mass is 35.5. The van der Waals surface area contributed by atoms with Gasteiger partial charge < -0.3 is 15.6 Å². The third kappa shape index (κ3) is 2.77. The molecule has 0 aliphatic carbocycles. The zero-order chi connectivity index (χ0) is 14.9. The molecule has 1 aromatic carbocycles. The van der Waals surface area contributed by atoms with E-state index in [0.29, 0.717) is 22.9 Å². The lowest BCUT2D eigenvalue weighted by atomic mass is 10.2. The maximum Gasteiger partial charge on any atom is 0.243 e. The summed E-state index contributed by atoms with van der Waals surface area (Å²) in [5, 5.41) is 9.59. The number of nitrogens with two attached hydrogens (primary N) is 1. The van der Waals surface area contributed by atoms with Gasteiger partial charge in [-0.1, -0.05) is 11.6 Å². The minimum absolute atomic E-state index is 0.0333. The second kappa shape index (κ2) is 5.87. The summed E-state index contributed by atoms with van der Waals surface area (Å²) in [6.07, 6.45) is 0. The maximum atomic E-state index is 12.6. The number of hydrogen-bond acceptors (Lipinski definition) is 5. The number of anilines is 1. The van der Waals surface area contributed by atoms with E-state index in [0.717, 1.165) is 0 Å². The van der Waals surface area contributed by atoms with Crippen molar-refractivity contribution in [2.45, 2.75) is 17.9 Å². The van der Waals surface area contributed by atoms with Crippen LogP contribution in [0.25, 0.3) is 0 Å². The quantitative estimate of drug-likeness (QED) is 0.796. The Morgan fingerprint density at radius 2 is 2.25 bits per heavy atom. The highest BCUT2D eigenvalue weighted by Crippen LogP contribution is 2.29. The monoisotopic (exact) mass is 320 g/mol. The lowest BCUT2D eigenvalue weighted by Gasteiger charge is -2.33. The smallest absolute Gasteiger partial charge is 0.243 e. The first kappa shape index (κ1) is 15.5. The van der Waals surface area contributed by atoms with Gasteiger partial charge in [0.15, 0.2) is 0 Å². The van der Waals surface area contributed by atoms with E-state index in [1.807, 2.05) is 0 Å². The molecule has 0 spiro atoms. The Kier molecular flexibility index (Phi) is 4.55. The molecule has 6 nitrogen and oxygen atoms in total. The van der Waals surface area contributed by atoms with Gasteiger partial charge in [-0.15, -0.1) is 0 Å². The second-order valence-corrected chi connectivity index (χ2v) is 6.94. The standard InChI is InChI=1S/C12H17ClN2O4S/c1-8-11(13)4-10(5-12(8)14)20(17,18)15-2-3-19-7-9(15)6-16/h4-5,9,16H,2-3,6-7,14H2,1H3. The highest BCUT2D eigenvalue weighted by molar-refractivity contribution is 7.89. The fourth-order valence-electron chi connectivity index (χ4n) is 2.06. The van der Waals surface area contributed by atoms with E-state index in [1.54, 1.807) is 6.92 Å². The van der Waals surface area contributed by atoms with E-state index in [2.05, 4.69) is 0 Å². The molecular weight excluding hydrogens is 304 g/mol. The van der Waals surface area contributed by atoms with Crippen molar-refractivity contribution in [3.63, 3.8) is 0 Å². The number of sulfonamides is 1. The molecule has 1 fully saturated rings. The Bertz CT molecular complexity index is 582. The van der Waals surface area contributed by atoms with E-state index >= 15 is 0 Å². The number of ether oxygens (including phenoxy) is 1. The normalized spacial score (nSPS) is 21.1. The van der Waals surface area contributed by atoms with Gasteiger partial charge in [0.1, 0.15) is 0 Å². The van der Waals surface area contributed by atoms with Crippen LogP contribution in [-0.2, 0) is 14.8 Å². The number of morpholine rings is 1. The van der Waals surface area contributed by atoms with Crippen molar-refractivity contribution in [3.8, 4) is 0 Å². The fourth-order valence-corrected chi connectivity index (χ4v) is 4.00. The first-order valence-electron chi connectivity index (χ1n) is 6.14. The predicted octanol–water partition coefficient (Wildman–Crippen LogP) is 0.612. The van der Waals surface area contributed by atoms with Gasteiger partial charge in [-0.25, -0.2) is 8.42 Å². The van der Waals surface area contributed by atoms with Gasteiger partial charge in [0.05, 0.1) is 30.8 Å². The number of nitrogen functional groups attached to an aromatic ring is 1. The number of hydrogen-bond donors (Lipinski definition) is 2. The summed E-state index contributed by atoms with van der Waals surface area (Å²) in [5.41, 5.74) is 6.74. The topological polar surface area (TPSA) is 92.9 Å². The van der Waals surface area contributed by atoms with E-state index in [-0.39, 0.29) is 24.7 Å². The third-order valence-electron chi connectivity index (χ3n) is 3.35. The number of nitrogens with zero attached hydrogens (tertiary/aromatic N) is 1. The van der Waals surface area contributed by atoms with Crippen molar-refractivity contribution in [1.29, 1.82) is 0 Å². The van der Waals surface area contributed by atoms with Crippen LogP contribution in [-0.4, -0.2) is 50.2 Å². The number of benzene rings is 1. The molecule has 1 aromatic rings. The van der Waals surface area contributed by atoms with Crippen LogP contribution in [0.2, 0.25) is 5.02 Å². The summed E-state index contributed by atoms with van der Waals surface area (Å²) in [5.74, 6) is 0. The average Bonchev–Trinajstić information content (AvgIpc) is 2.44. The Labute approximate surface area is 123 Å². The second-order valence-electron chi connectivity index (χ2n) is 4.65. The minimum Gasteiger partial charge on any atom is -0.398 e. The first-order valence-corrected chi connectivity index (χ1v) is 7.95. The summed E-state index contributed by atoms with van der Waals surface area (Å²) in [7, 11) is -3.76. The lowest BCUT2D eigenvalue weighted by molar-refractivity contribution is 0.0109. The molecule has 1 unspecified atom stereocenters. The fraction of sp³-hybridized carbons (Fsp3) is 0.500. The SMILES string of the molecule is Cc1c(N)cc(S(=O)(=O)N2CCOCC2CO)cc1Cl. The molecule has 1 aliphatic heterocycles. The van der Waals surface area contributed by atoms with Crippen LogP contribution in [0.15, 0.2) is 17.0 Å². The van der Waals surface area contributed by atoms with Gasteiger partial charge in [0.25, 0.3) is 0 Å². The molecule has 112 valence electrons. The zero-order valence-electron chi connectivity index (χ0n) is 11.0. The molecule has 0 radical (unpaired) electrons. The molecule has 8 heteroatoms. The molecule has 1 aliphatic rings. The number of aliphatic hydroxyl groups excluding tert-OH is 1. The summed E-state index contributed by atoms with van der Waals surface area (Å²) < 4.78 is 31.7. The molecular formula is C12H17ClN2O4S. The van der Waals surface area contributed by atoms with Crippen LogP contribution in [0.5, 0.6) is 0 Å². The molecule has 20 heavy (non-hydrogen) atoms. The van der Waals surface area contributed by atoms with Crippen molar-refractivity contribution < 1.29 is 18.3 Å². The van der Waals surface area contributed by atoms with Crippen molar-refractivity contribution in [2.75, 3.05) is 32.1 Å². The molecule has 3 N–H and O–H groups in total. The molecule has 0 bridgehead atoms. The Morgan fingerprint density at radius 3 is 2.85 bits per heavy atom. The van der Waals surface area contributed by atoms with Gasteiger partial charge in [-0.3, -0.25) is 0 Å². The maximum absolute atomic E-state index is 12.6. The molecule has 2 rings (SSSR count). The van der Waals surface area contributed by atoms with Gasteiger partial charge in [0.2, 0.25) is 10.0 Å². The summed E-state index contributed by atoms with van der Waals surface area (Å²) >= 11 is 6.00. The molecule has 0 saturated carbocycles. The highest BCUT2D eigenvalue weighted by Gasteiger charge is 2.34. The average molecular weight is 321 g/mol. The summed E-state index contributed by atoms with van der Waals surface area (Å²) in [4.78, 5) is 0.0333. The van der Waals surface area contributed by atoms with Crippen LogP contribution in [0.4, 0.5) is 5.69 Å². The zero-order valence-corrected chi connectivity index (χ0v) is 12.6. The first-order chi connectivity index (χ1) is 9.37. The third-order valence-corrected chi connectivity index (χ3v) is 5.67. The van der Waals surface area contributed by atoms with Gasteiger partial charge in [-0.05, 0) is 24.6 Å². The number of aliphatic hydroxyl groups is 1. The molecule has 1 heterocycles. The Morgan fingerprint density at radius 1 is 1.55 bits per heavy atom. The molecule has 1 saturated heterocycles. The van der Waals surface area contributed by atoms with E-state index < -0.39 is 16.1 Å². The van der Waals surface area contributed by atoms with Gasteiger partial charge >= 0.3 is 0 Å². The Balaban J connectivity index is 2.44. The van der Waals surface area contributed by atoms with Crippen molar-refractivity contribution in [1.82, 2.24) is 4.31 Å². The number of rotatable bonds is 3. The van der Waals surface area contributed by atoms with E-state index in [9.17, 15) is 13.5 Å².